The van der Waals surface area contributed by atoms with Crippen molar-refractivity contribution in [3.63, 3.8) is 0 Å². The number of amides is 1. The van der Waals surface area contributed by atoms with Gasteiger partial charge in [0.05, 0.1) is 18.6 Å². The Morgan fingerprint density at radius 3 is 2.62 bits per heavy atom. The summed E-state index contributed by atoms with van der Waals surface area (Å²) in [5.41, 5.74) is 5.52. The van der Waals surface area contributed by atoms with Crippen LogP contribution in [0.1, 0.15) is 46.5 Å². The number of hydrogen-bond donors (Lipinski definition) is 2. The summed E-state index contributed by atoms with van der Waals surface area (Å²) >= 11 is 0. The molecule has 0 heterocycles. The lowest BCUT2D eigenvalue weighted by atomic mass is 9.64. The molecule has 1 aliphatic rings. The normalized spacial score (nSPS) is 24.6. The number of halogens is 1. The van der Waals surface area contributed by atoms with E-state index in [1.54, 1.807) is 7.11 Å². The van der Waals surface area contributed by atoms with Crippen LogP contribution in [0, 0.1) is 5.41 Å². The summed E-state index contributed by atoms with van der Waals surface area (Å²) in [5.74, 6) is 0.00684. The maximum atomic E-state index is 11.9. The lowest BCUT2D eigenvalue weighted by Crippen LogP contribution is -2.62. The van der Waals surface area contributed by atoms with Crippen molar-refractivity contribution in [2.45, 2.75) is 64.7 Å². The van der Waals surface area contributed by atoms with Gasteiger partial charge in [-0.1, -0.05) is 27.2 Å². The number of nitrogens with two attached hydrogens (primary N) is 1. The summed E-state index contributed by atoms with van der Waals surface area (Å²) in [5, 5.41) is 3.07. The standard InChI is InChI=1S/C15H30N2O3.ClH/c1-5-6-7-20-13-9-12(15(13,2)3)17-14(18)8-11(10-16)19-4;/h11-13H,5-10,16H2,1-4H3,(H,17,18);1H. The van der Waals surface area contributed by atoms with Crippen LogP contribution in [-0.2, 0) is 14.3 Å². The predicted molar refractivity (Wildman–Crippen MR) is 86.7 cm³/mol. The minimum absolute atomic E-state index is 0. The van der Waals surface area contributed by atoms with E-state index in [0.29, 0.717) is 13.0 Å². The van der Waals surface area contributed by atoms with Gasteiger partial charge in [0.25, 0.3) is 0 Å². The van der Waals surface area contributed by atoms with Gasteiger partial charge in [0.2, 0.25) is 5.91 Å². The quantitative estimate of drug-likeness (QED) is 0.636. The van der Waals surface area contributed by atoms with E-state index in [0.717, 1.165) is 25.9 Å². The van der Waals surface area contributed by atoms with Gasteiger partial charge < -0.3 is 20.5 Å². The first kappa shape index (κ1) is 20.6. The maximum Gasteiger partial charge on any atom is 0.222 e. The number of carbonyl (C=O) groups excluding carboxylic acids is 1. The molecule has 0 radical (unpaired) electrons. The highest BCUT2D eigenvalue weighted by Crippen LogP contribution is 2.42. The van der Waals surface area contributed by atoms with Gasteiger partial charge in [-0.2, -0.15) is 0 Å². The molecule has 6 heteroatoms. The van der Waals surface area contributed by atoms with Crippen molar-refractivity contribution < 1.29 is 14.3 Å². The van der Waals surface area contributed by atoms with Crippen molar-refractivity contribution in [2.24, 2.45) is 11.1 Å². The summed E-state index contributed by atoms with van der Waals surface area (Å²) in [7, 11) is 1.58. The van der Waals surface area contributed by atoms with E-state index in [1.807, 2.05) is 0 Å². The Labute approximate surface area is 134 Å². The second-order valence-electron chi connectivity index (χ2n) is 6.19. The Balaban J connectivity index is 0.00000400. The third-order valence-corrected chi connectivity index (χ3v) is 4.34. The summed E-state index contributed by atoms with van der Waals surface area (Å²) in [6, 6.07) is 0.178. The van der Waals surface area contributed by atoms with E-state index in [2.05, 4.69) is 26.1 Å². The molecule has 1 aliphatic carbocycles. The molecular formula is C15H31ClN2O3. The van der Waals surface area contributed by atoms with E-state index >= 15 is 0 Å². The van der Waals surface area contributed by atoms with Crippen LogP contribution in [0.25, 0.3) is 0 Å². The number of unbranched alkanes of at least 4 members (excludes halogenated alkanes) is 1. The van der Waals surface area contributed by atoms with Crippen LogP contribution in [0.5, 0.6) is 0 Å². The Morgan fingerprint density at radius 1 is 1.48 bits per heavy atom. The van der Waals surface area contributed by atoms with Crippen molar-refractivity contribution in [3.05, 3.63) is 0 Å². The van der Waals surface area contributed by atoms with Crippen molar-refractivity contribution in [2.75, 3.05) is 20.3 Å². The van der Waals surface area contributed by atoms with Crippen LogP contribution in [0.3, 0.4) is 0 Å². The molecule has 0 spiro atoms. The second kappa shape index (κ2) is 9.62. The van der Waals surface area contributed by atoms with Crippen LogP contribution in [0.2, 0.25) is 0 Å². The molecule has 3 unspecified atom stereocenters. The molecular weight excluding hydrogens is 292 g/mol. The lowest BCUT2D eigenvalue weighted by Gasteiger charge is -2.51. The third-order valence-electron chi connectivity index (χ3n) is 4.34. The fourth-order valence-electron chi connectivity index (χ4n) is 2.51. The molecule has 21 heavy (non-hydrogen) atoms. The Kier molecular flexibility index (Phi) is 9.45. The first-order valence-corrected chi connectivity index (χ1v) is 7.59. The molecule has 3 atom stereocenters. The maximum absolute atomic E-state index is 11.9. The van der Waals surface area contributed by atoms with Gasteiger partial charge in [-0.25, -0.2) is 0 Å². The zero-order valence-corrected chi connectivity index (χ0v) is 14.5. The molecule has 1 rings (SSSR count). The topological polar surface area (TPSA) is 73.6 Å². The number of ether oxygens (including phenoxy) is 2. The Bertz CT molecular complexity index is 309. The molecule has 1 saturated carbocycles. The largest absolute Gasteiger partial charge is 0.380 e. The molecule has 0 bridgehead atoms. The summed E-state index contributed by atoms with van der Waals surface area (Å²) < 4.78 is 11.0. The predicted octanol–water partition coefficient (Wildman–Crippen LogP) is 1.87. The van der Waals surface area contributed by atoms with E-state index in [4.69, 9.17) is 15.2 Å². The average molecular weight is 323 g/mol. The fraction of sp³-hybridized carbons (Fsp3) is 0.933. The smallest absolute Gasteiger partial charge is 0.222 e. The highest BCUT2D eigenvalue weighted by molar-refractivity contribution is 5.85. The second-order valence-corrected chi connectivity index (χ2v) is 6.19. The van der Waals surface area contributed by atoms with Gasteiger partial charge in [-0.3, -0.25) is 4.79 Å². The zero-order chi connectivity index (χ0) is 15.2. The third kappa shape index (κ3) is 5.74. The first-order valence-electron chi connectivity index (χ1n) is 7.59. The first-order chi connectivity index (χ1) is 9.45. The monoisotopic (exact) mass is 322 g/mol. The number of hydrogen-bond acceptors (Lipinski definition) is 4. The molecule has 0 aromatic rings. The highest BCUT2D eigenvalue weighted by atomic mass is 35.5. The number of methoxy groups -OCH3 is 1. The fourth-order valence-corrected chi connectivity index (χ4v) is 2.51. The van der Waals surface area contributed by atoms with E-state index in [1.165, 1.54) is 0 Å². The Hall–Kier alpha value is -0.360. The van der Waals surface area contributed by atoms with Crippen molar-refractivity contribution in [1.82, 2.24) is 5.32 Å². The van der Waals surface area contributed by atoms with Gasteiger partial charge >= 0.3 is 0 Å². The molecule has 0 aromatic carbocycles. The summed E-state index contributed by atoms with van der Waals surface area (Å²) in [6.45, 7) is 7.62. The van der Waals surface area contributed by atoms with Crippen LogP contribution in [0.15, 0.2) is 0 Å². The zero-order valence-electron chi connectivity index (χ0n) is 13.7. The van der Waals surface area contributed by atoms with Crippen LogP contribution in [0.4, 0.5) is 0 Å². The SMILES string of the molecule is CCCCOC1CC(NC(=O)CC(CN)OC)C1(C)C.Cl. The van der Waals surface area contributed by atoms with E-state index < -0.39 is 0 Å². The van der Waals surface area contributed by atoms with Crippen LogP contribution < -0.4 is 11.1 Å². The van der Waals surface area contributed by atoms with Gasteiger partial charge in [0.1, 0.15) is 0 Å². The highest BCUT2D eigenvalue weighted by Gasteiger charge is 2.49. The van der Waals surface area contributed by atoms with E-state index in [-0.39, 0.29) is 42.0 Å². The van der Waals surface area contributed by atoms with Crippen LogP contribution >= 0.6 is 12.4 Å². The molecule has 0 aliphatic heterocycles. The average Bonchev–Trinajstić information content (AvgIpc) is 2.43. The van der Waals surface area contributed by atoms with Crippen molar-refractivity contribution in [3.8, 4) is 0 Å². The summed E-state index contributed by atoms with van der Waals surface area (Å²) in [4.78, 5) is 11.9. The summed E-state index contributed by atoms with van der Waals surface area (Å²) in [6.07, 6.45) is 3.49. The molecule has 0 saturated heterocycles. The minimum Gasteiger partial charge on any atom is -0.380 e. The van der Waals surface area contributed by atoms with Crippen molar-refractivity contribution in [1.29, 1.82) is 0 Å². The number of nitrogens with one attached hydrogen (secondary N) is 1. The molecule has 3 N–H and O–H groups in total. The minimum atomic E-state index is -0.199. The molecule has 126 valence electrons. The molecule has 0 aromatic heterocycles. The lowest BCUT2D eigenvalue weighted by molar-refractivity contribution is -0.139. The Morgan fingerprint density at radius 2 is 2.14 bits per heavy atom. The number of carbonyl (C=O) groups is 1. The van der Waals surface area contributed by atoms with E-state index in [9.17, 15) is 4.79 Å². The van der Waals surface area contributed by atoms with Gasteiger partial charge in [0.15, 0.2) is 0 Å². The molecule has 5 nitrogen and oxygen atoms in total. The van der Waals surface area contributed by atoms with Crippen molar-refractivity contribution >= 4 is 18.3 Å². The molecule has 1 fully saturated rings. The van der Waals surface area contributed by atoms with Gasteiger partial charge in [0, 0.05) is 31.7 Å². The number of rotatable bonds is 9. The van der Waals surface area contributed by atoms with Crippen LogP contribution in [-0.4, -0.2) is 44.4 Å². The molecule has 1 amide bonds. The van der Waals surface area contributed by atoms with Gasteiger partial charge in [-0.05, 0) is 12.8 Å². The van der Waals surface area contributed by atoms with Gasteiger partial charge in [-0.15, -0.1) is 12.4 Å².